The lowest BCUT2D eigenvalue weighted by Gasteiger charge is -2.06. The molecule has 0 aliphatic carbocycles. The fourth-order valence-electron chi connectivity index (χ4n) is 0.993. The number of hydrogen-bond acceptors (Lipinski definition) is 3. The number of carbonyl (C=O) groups is 1. The van der Waals surface area contributed by atoms with E-state index in [2.05, 4.69) is 10.3 Å². The molecule has 1 aromatic heterocycles. The zero-order valence-electron chi connectivity index (χ0n) is 7.46. The summed E-state index contributed by atoms with van der Waals surface area (Å²) in [5.41, 5.74) is 1.58. The number of hydrogen-bond donors (Lipinski definition) is 1. The summed E-state index contributed by atoms with van der Waals surface area (Å²) < 4.78 is 0. The van der Waals surface area contributed by atoms with Crippen LogP contribution in [0.3, 0.4) is 0 Å². The number of aryl methyl sites for hydroxylation is 1. The molecule has 0 spiro atoms. The summed E-state index contributed by atoms with van der Waals surface area (Å²) in [6.07, 6.45) is 1.54. The first kappa shape index (κ1) is 9.20. The molecule has 1 N–H and O–H groups in total. The quantitative estimate of drug-likeness (QED) is 0.697. The molecule has 13 heavy (non-hydrogen) atoms. The Balaban J connectivity index is 3.17. The van der Waals surface area contributed by atoms with E-state index in [1.807, 2.05) is 6.07 Å². The number of pyridine rings is 1. The second kappa shape index (κ2) is 3.68. The van der Waals surface area contributed by atoms with Gasteiger partial charge in [-0.3, -0.25) is 9.78 Å². The van der Waals surface area contributed by atoms with Gasteiger partial charge in [0.15, 0.2) is 0 Å². The van der Waals surface area contributed by atoms with Crippen LogP contribution in [0.2, 0.25) is 0 Å². The second-order valence-electron chi connectivity index (χ2n) is 2.61. The predicted molar refractivity (Wildman–Crippen MR) is 48.0 cm³/mol. The van der Waals surface area contributed by atoms with Gasteiger partial charge in [0.2, 0.25) is 5.91 Å². The van der Waals surface area contributed by atoms with E-state index in [-0.39, 0.29) is 5.91 Å². The first-order valence-corrected chi connectivity index (χ1v) is 3.78. The standard InChI is InChI=1S/C9H9N3O/c1-6-9(12-7(2)13)8(5-10)3-4-11-6/h3-4H,1-2H3,(H,12,13). The summed E-state index contributed by atoms with van der Waals surface area (Å²) in [6, 6.07) is 3.55. The lowest BCUT2D eigenvalue weighted by Crippen LogP contribution is -2.09. The van der Waals surface area contributed by atoms with E-state index in [1.54, 1.807) is 19.2 Å². The van der Waals surface area contributed by atoms with E-state index in [1.165, 1.54) is 6.92 Å². The molecule has 0 saturated carbocycles. The van der Waals surface area contributed by atoms with E-state index >= 15 is 0 Å². The predicted octanol–water partition coefficient (Wildman–Crippen LogP) is 1.22. The first-order valence-electron chi connectivity index (χ1n) is 3.78. The maximum absolute atomic E-state index is 10.8. The van der Waals surface area contributed by atoms with Gasteiger partial charge < -0.3 is 5.32 Å². The van der Waals surface area contributed by atoms with E-state index in [0.29, 0.717) is 16.9 Å². The topological polar surface area (TPSA) is 65.8 Å². The fraction of sp³-hybridized carbons (Fsp3) is 0.222. The fourth-order valence-corrected chi connectivity index (χ4v) is 0.993. The van der Waals surface area contributed by atoms with E-state index in [0.717, 1.165) is 0 Å². The molecular weight excluding hydrogens is 166 g/mol. The van der Waals surface area contributed by atoms with Gasteiger partial charge in [0.25, 0.3) is 0 Å². The summed E-state index contributed by atoms with van der Waals surface area (Å²) in [5.74, 6) is -0.201. The SMILES string of the molecule is CC(=O)Nc1c(C#N)ccnc1C. The summed E-state index contributed by atoms with van der Waals surface area (Å²) in [7, 11) is 0. The Kier molecular flexibility index (Phi) is 2.60. The van der Waals surface area contributed by atoms with Crippen LogP contribution in [0.25, 0.3) is 0 Å². The summed E-state index contributed by atoms with van der Waals surface area (Å²) >= 11 is 0. The van der Waals surface area contributed by atoms with Gasteiger partial charge in [-0.05, 0) is 13.0 Å². The van der Waals surface area contributed by atoms with E-state index in [9.17, 15) is 4.79 Å². The molecule has 4 nitrogen and oxygen atoms in total. The van der Waals surface area contributed by atoms with Crippen LogP contribution < -0.4 is 5.32 Å². The number of nitriles is 1. The lowest BCUT2D eigenvalue weighted by atomic mass is 10.2. The number of nitrogens with one attached hydrogen (secondary N) is 1. The van der Waals surface area contributed by atoms with Gasteiger partial charge >= 0.3 is 0 Å². The molecule has 0 aliphatic heterocycles. The van der Waals surface area contributed by atoms with Gasteiger partial charge in [-0.25, -0.2) is 0 Å². The Morgan fingerprint density at radius 1 is 1.69 bits per heavy atom. The minimum Gasteiger partial charge on any atom is -0.324 e. The van der Waals surface area contributed by atoms with Crippen molar-refractivity contribution < 1.29 is 4.79 Å². The third kappa shape index (κ3) is 2.03. The van der Waals surface area contributed by atoms with Gasteiger partial charge in [0.1, 0.15) is 6.07 Å². The van der Waals surface area contributed by atoms with E-state index in [4.69, 9.17) is 5.26 Å². The average molecular weight is 175 g/mol. The Hall–Kier alpha value is -1.89. The van der Waals surface area contributed by atoms with Crippen molar-refractivity contribution in [1.82, 2.24) is 4.98 Å². The maximum Gasteiger partial charge on any atom is 0.221 e. The Bertz CT molecular complexity index is 379. The number of carbonyl (C=O) groups excluding carboxylic acids is 1. The average Bonchev–Trinajstić information content (AvgIpc) is 2.08. The number of nitrogens with zero attached hydrogens (tertiary/aromatic N) is 2. The molecule has 0 bridgehead atoms. The van der Waals surface area contributed by atoms with Crippen molar-refractivity contribution >= 4 is 11.6 Å². The molecule has 4 heteroatoms. The first-order chi connectivity index (χ1) is 6.15. The Labute approximate surface area is 76.2 Å². The molecule has 1 rings (SSSR count). The Morgan fingerprint density at radius 2 is 2.38 bits per heavy atom. The van der Waals surface area contributed by atoms with Crippen molar-refractivity contribution in [3.63, 3.8) is 0 Å². The van der Waals surface area contributed by atoms with Crippen LogP contribution in [0.4, 0.5) is 5.69 Å². The van der Waals surface area contributed by atoms with Gasteiger partial charge in [0.05, 0.1) is 16.9 Å². The zero-order valence-corrected chi connectivity index (χ0v) is 7.46. The normalized spacial score (nSPS) is 9.00. The molecule has 0 unspecified atom stereocenters. The molecule has 1 aromatic rings. The molecule has 0 aliphatic rings. The number of amides is 1. The number of aromatic nitrogens is 1. The third-order valence-electron chi connectivity index (χ3n) is 1.56. The minimum absolute atomic E-state index is 0.201. The van der Waals surface area contributed by atoms with Crippen LogP contribution >= 0.6 is 0 Å². The number of rotatable bonds is 1. The van der Waals surface area contributed by atoms with Crippen LogP contribution in [0.5, 0.6) is 0 Å². The molecule has 0 aromatic carbocycles. The molecule has 1 heterocycles. The van der Waals surface area contributed by atoms with Crippen LogP contribution in [-0.2, 0) is 4.79 Å². The van der Waals surface area contributed by atoms with Crippen molar-refractivity contribution in [3.05, 3.63) is 23.5 Å². The van der Waals surface area contributed by atoms with Gasteiger partial charge in [0, 0.05) is 13.1 Å². The van der Waals surface area contributed by atoms with Gasteiger partial charge in [-0.15, -0.1) is 0 Å². The van der Waals surface area contributed by atoms with Crippen LogP contribution in [-0.4, -0.2) is 10.9 Å². The largest absolute Gasteiger partial charge is 0.324 e. The van der Waals surface area contributed by atoms with Crippen molar-refractivity contribution in [2.45, 2.75) is 13.8 Å². The molecule has 0 fully saturated rings. The monoisotopic (exact) mass is 175 g/mol. The molecule has 66 valence electrons. The maximum atomic E-state index is 10.8. The highest BCUT2D eigenvalue weighted by atomic mass is 16.1. The molecular formula is C9H9N3O. The van der Waals surface area contributed by atoms with Crippen LogP contribution in [0.15, 0.2) is 12.3 Å². The highest BCUT2D eigenvalue weighted by Crippen LogP contribution is 2.16. The Morgan fingerprint density at radius 3 is 2.92 bits per heavy atom. The number of anilines is 1. The molecule has 0 saturated heterocycles. The van der Waals surface area contributed by atoms with Crippen molar-refractivity contribution in [2.24, 2.45) is 0 Å². The molecule has 0 atom stereocenters. The van der Waals surface area contributed by atoms with Crippen molar-refractivity contribution in [2.75, 3.05) is 5.32 Å². The van der Waals surface area contributed by atoms with Crippen molar-refractivity contribution in [1.29, 1.82) is 5.26 Å². The minimum atomic E-state index is -0.201. The molecule has 1 amide bonds. The second-order valence-corrected chi connectivity index (χ2v) is 2.61. The smallest absolute Gasteiger partial charge is 0.221 e. The zero-order chi connectivity index (χ0) is 9.84. The van der Waals surface area contributed by atoms with Crippen molar-refractivity contribution in [3.8, 4) is 6.07 Å². The van der Waals surface area contributed by atoms with Crippen LogP contribution in [0, 0.1) is 18.3 Å². The summed E-state index contributed by atoms with van der Waals surface area (Å²) in [6.45, 7) is 3.14. The summed E-state index contributed by atoms with van der Waals surface area (Å²) in [5, 5.41) is 11.3. The molecule has 0 radical (unpaired) electrons. The van der Waals surface area contributed by atoms with Gasteiger partial charge in [-0.2, -0.15) is 5.26 Å². The summed E-state index contributed by atoms with van der Waals surface area (Å²) in [4.78, 5) is 14.8. The highest BCUT2D eigenvalue weighted by molar-refractivity contribution is 5.90. The lowest BCUT2D eigenvalue weighted by molar-refractivity contribution is -0.114. The van der Waals surface area contributed by atoms with Gasteiger partial charge in [-0.1, -0.05) is 0 Å². The highest BCUT2D eigenvalue weighted by Gasteiger charge is 2.06. The van der Waals surface area contributed by atoms with E-state index < -0.39 is 0 Å². The third-order valence-corrected chi connectivity index (χ3v) is 1.56. The van der Waals surface area contributed by atoms with Crippen LogP contribution in [0.1, 0.15) is 18.2 Å².